The van der Waals surface area contributed by atoms with Crippen molar-refractivity contribution in [2.24, 2.45) is 5.92 Å². The molecule has 0 fully saturated rings. The summed E-state index contributed by atoms with van der Waals surface area (Å²) in [6.45, 7) is 9.35. The Hall–Kier alpha value is -0.0400. The Morgan fingerprint density at radius 3 is 0.846 bits per heavy atom. The third kappa shape index (κ3) is 34.1. The second-order valence-electron chi connectivity index (χ2n) is 13.2. The summed E-state index contributed by atoms with van der Waals surface area (Å²) in [5, 5.41) is 3.67. The average molecular weight is 550 g/mol. The highest BCUT2D eigenvalue weighted by Crippen LogP contribution is 2.22. The van der Waals surface area contributed by atoms with Crippen molar-refractivity contribution in [1.82, 2.24) is 5.32 Å². The molecule has 39 heavy (non-hydrogen) atoms. The number of nitrogens with one attached hydrogen (secondary N) is 1. The zero-order chi connectivity index (χ0) is 28.3. The fourth-order valence-corrected chi connectivity index (χ4v) is 6.30. The Kier molecular flexibility index (Phi) is 35.9. The molecule has 0 rings (SSSR count). The van der Waals surface area contributed by atoms with E-state index in [1.54, 1.807) is 0 Å². The van der Waals surface area contributed by atoms with Crippen molar-refractivity contribution in [3.8, 4) is 0 Å². The summed E-state index contributed by atoms with van der Waals surface area (Å²) < 4.78 is 0. The van der Waals surface area contributed by atoms with E-state index in [0.29, 0.717) is 0 Å². The fourth-order valence-electron chi connectivity index (χ4n) is 6.30. The van der Waals surface area contributed by atoms with Crippen LogP contribution in [0, 0.1) is 5.92 Å². The predicted molar refractivity (Wildman–Crippen MR) is 181 cm³/mol. The van der Waals surface area contributed by atoms with Crippen LogP contribution in [0.2, 0.25) is 0 Å². The lowest BCUT2D eigenvalue weighted by Crippen LogP contribution is -2.19. The third-order valence-corrected chi connectivity index (χ3v) is 9.09. The van der Waals surface area contributed by atoms with E-state index >= 15 is 0 Å². The standard InChI is InChI=1S/C38H79N/c1-4-7-9-11-13-15-17-19-21-23-25-27-29-31-33-38(35-37-39-36-6-3)34-32-30-28-26-24-22-20-18-16-14-12-10-8-5-2/h38-39H,4-37H2,1-3H3. The Bertz CT molecular complexity index is 374. The molecule has 0 aromatic rings. The molecular formula is C38H79N. The van der Waals surface area contributed by atoms with Crippen molar-refractivity contribution in [3.63, 3.8) is 0 Å². The fraction of sp³-hybridized carbons (Fsp3) is 1.00. The molecule has 0 radical (unpaired) electrons. The van der Waals surface area contributed by atoms with Gasteiger partial charge in [-0.25, -0.2) is 0 Å². The number of hydrogen-bond acceptors (Lipinski definition) is 1. The number of rotatable bonds is 35. The van der Waals surface area contributed by atoms with Gasteiger partial charge in [-0.1, -0.05) is 213 Å². The average Bonchev–Trinajstić information content (AvgIpc) is 2.95. The van der Waals surface area contributed by atoms with E-state index in [0.717, 1.165) is 5.92 Å². The summed E-state index contributed by atoms with van der Waals surface area (Å²) >= 11 is 0. The molecule has 0 heterocycles. The zero-order valence-electron chi connectivity index (χ0n) is 28.1. The summed E-state index contributed by atoms with van der Waals surface area (Å²) in [4.78, 5) is 0. The molecule has 0 aliphatic carbocycles. The summed E-state index contributed by atoms with van der Waals surface area (Å²) in [6, 6.07) is 0. The van der Waals surface area contributed by atoms with Crippen molar-refractivity contribution in [3.05, 3.63) is 0 Å². The molecule has 1 heteroatoms. The van der Waals surface area contributed by atoms with Crippen molar-refractivity contribution in [1.29, 1.82) is 0 Å². The van der Waals surface area contributed by atoms with Gasteiger partial charge < -0.3 is 5.32 Å². The maximum Gasteiger partial charge on any atom is -0.00463 e. The van der Waals surface area contributed by atoms with Crippen LogP contribution in [-0.2, 0) is 0 Å². The van der Waals surface area contributed by atoms with Crippen LogP contribution in [0.4, 0.5) is 0 Å². The predicted octanol–water partition coefficient (Wildman–Crippen LogP) is 13.7. The quantitative estimate of drug-likeness (QED) is 0.0775. The Balaban J connectivity index is 3.62. The van der Waals surface area contributed by atoms with Gasteiger partial charge in [-0.05, 0) is 31.8 Å². The van der Waals surface area contributed by atoms with Crippen LogP contribution >= 0.6 is 0 Å². The van der Waals surface area contributed by atoms with E-state index in [9.17, 15) is 0 Å². The third-order valence-electron chi connectivity index (χ3n) is 9.09. The summed E-state index contributed by atoms with van der Waals surface area (Å²) in [5.41, 5.74) is 0. The second-order valence-corrected chi connectivity index (χ2v) is 13.2. The Morgan fingerprint density at radius 2 is 0.564 bits per heavy atom. The van der Waals surface area contributed by atoms with Crippen molar-refractivity contribution < 1.29 is 0 Å². The highest BCUT2D eigenvalue weighted by Gasteiger charge is 2.08. The highest BCUT2D eigenvalue weighted by molar-refractivity contribution is 4.63. The SMILES string of the molecule is CCCCCCCCCCCCCCCCC(CCCCCCCCCCCCCCCC)CCNCCC. The topological polar surface area (TPSA) is 12.0 Å². The monoisotopic (exact) mass is 550 g/mol. The number of hydrogen-bond donors (Lipinski definition) is 1. The highest BCUT2D eigenvalue weighted by atomic mass is 14.8. The summed E-state index contributed by atoms with van der Waals surface area (Å²) in [6.07, 6.45) is 46.8. The Morgan fingerprint density at radius 1 is 0.282 bits per heavy atom. The van der Waals surface area contributed by atoms with E-state index < -0.39 is 0 Å². The molecule has 236 valence electrons. The van der Waals surface area contributed by atoms with Gasteiger partial charge in [0.2, 0.25) is 0 Å². The molecule has 0 aromatic carbocycles. The van der Waals surface area contributed by atoms with Gasteiger partial charge in [-0.3, -0.25) is 0 Å². The summed E-state index contributed by atoms with van der Waals surface area (Å²) in [7, 11) is 0. The molecule has 0 aliphatic rings. The first kappa shape index (κ1) is 39.0. The minimum Gasteiger partial charge on any atom is -0.317 e. The van der Waals surface area contributed by atoms with E-state index in [2.05, 4.69) is 26.1 Å². The molecule has 0 unspecified atom stereocenters. The molecule has 0 amide bonds. The first-order valence-electron chi connectivity index (χ1n) is 19.1. The van der Waals surface area contributed by atoms with Gasteiger partial charge in [0.25, 0.3) is 0 Å². The van der Waals surface area contributed by atoms with Gasteiger partial charge in [0, 0.05) is 0 Å². The zero-order valence-corrected chi connectivity index (χ0v) is 28.1. The molecule has 0 saturated heterocycles. The molecule has 0 aromatic heterocycles. The van der Waals surface area contributed by atoms with Gasteiger partial charge in [0.15, 0.2) is 0 Å². The maximum atomic E-state index is 3.67. The van der Waals surface area contributed by atoms with Crippen LogP contribution in [0.5, 0.6) is 0 Å². The van der Waals surface area contributed by atoms with E-state index in [4.69, 9.17) is 0 Å². The maximum absolute atomic E-state index is 3.67. The summed E-state index contributed by atoms with van der Waals surface area (Å²) in [5.74, 6) is 0.976. The molecule has 0 bridgehead atoms. The van der Waals surface area contributed by atoms with Crippen LogP contribution in [-0.4, -0.2) is 13.1 Å². The lowest BCUT2D eigenvalue weighted by atomic mass is 9.91. The van der Waals surface area contributed by atoms with Gasteiger partial charge in [0.1, 0.15) is 0 Å². The van der Waals surface area contributed by atoms with Crippen LogP contribution in [0.1, 0.15) is 226 Å². The van der Waals surface area contributed by atoms with Crippen LogP contribution < -0.4 is 5.32 Å². The van der Waals surface area contributed by atoms with E-state index in [1.807, 2.05) is 0 Å². The van der Waals surface area contributed by atoms with E-state index in [1.165, 1.54) is 219 Å². The Labute approximate surface area is 250 Å². The van der Waals surface area contributed by atoms with Gasteiger partial charge >= 0.3 is 0 Å². The van der Waals surface area contributed by atoms with E-state index in [-0.39, 0.29) is 0 Å². The van der Waals surface area contributed by atoms with Crippen molar-refractivity contribution >= 4 is 0 Å². The molecule has 1 nitrogen and oxygen atoms in total. The van der Waals surface area contributed by atoms with Crippen molar-refractivity contribution in [2.45, 2.75) is 226 Å². The van der Waals surface area contributed by atoms with Gasteiger partial charge in [-0.15, -0.1) is 0 Å². The molecule has 1 N–H and O–H groups in total. The van der Waals surface area contributed by atoms with Crippen LogP contribution in [0.15, 0.2) is 0 Å². The molecule has 0 aliphatic heterocycles. The lowest BCUT2D eigenvalue weighted by Gasteiger charge is -2.17. The molecular weight excluding hydrogens is 470 g/mol. The largest absolute Gasteiger partial charge is 0.317 e. The van der Waals surface area contributed by atoms with Gasteiger partial charge in [0.05, 0.1) is 0 Å². The first-order chi connectivity index (χ1) is 19.3. The first-order valence-corrected chi connectivity index (χ1v) is 19.1. The smallest absolute Gasteiger partial charge is 0.00463 e. The lowest BCUT2D eigenvalue weighted by molar-refractivity contribution is 0.372. The molecule has 0 saturated carbocycles. The number of unbranched alkanes of at least 4 members (excludes halogenated alkanes) is 26. The van der Waals surface area contributed by atoms with Gasteiger partial charge in [-0.2, -0.15) is 0 Å². The van der Waals surface area contributed by atoms with Crippen LogP contribution in [0.3, 0.4) is 0 Å². The normalized spacial score (nSPS) is 11.7. The molecule has 0 spiro atoms. The molecule has 0 atom stereocenters. The minimum atomic E-state index is 0.976. The second kappa shape index (κ2) is 36.0. The van der Waals surface area contributed by atoms with Crippen molar-refractivity contribution in [2.75, 3.05) is 13.1 Å². The van der Waals surface area contributed by atoms with Crippen LogP contribution in [0.25, 0.3) is 0 Å². The minimum absolute atomic E-state index is 0.976.